The van der Waals surface area contributed by atoms with Gasteiger partial charge in [-0.1, -0.05) is 32.4 Å². The topological polar surface area (TPSA) is 193 Å². The van der Waals surface area contributed by atoms with Crippen LogP contribution in [0.3, 0.4) is 0 Å². The fourth-order valence-corrected chi connectivity index (χ4v) is 5.67. The minimum atomic E-state index is -4.59. The van der Waals surface area contributed by atoms with Crippen molar-refractivity contribution in [1.82, 2.24) is 29.1 Å². The van der Waals surface area contributed by atoms with E-state index in [0.717, 1.165) is 6.07 Å². The molecule has 0 radical (unpaired) electrons. The summed E-state index contributed by atoms with van der Waals surface area (Å²) in [6, 6.07) is 3.61. The monoisotopic (exact) mass is 641 g/mol. The van der Waals surface area contributed by atoms with Gasteiger partial charge in [0.05, 0.1) is 18.5 Å². The van der Waals surface area contributed by atoms with Crippen LogP contribution in [0.25, 0.3) is 11.2 Å². The van der Waals surface area contributed by atoms with Crippen molar-refractivity contribution in [3.05, 3.63) is 41.4 Å². The molecular weight excluding hydrogens is 606 g/mol. The number of hydrogen-bond acceptors (Lipinski definition) is 13. The minimum Gasteiger partial charge on any atom is -0.507 e. The number of fused-ring (bicyclic) bond motifs is 2. The Balaban J connectivity index is 0.000000541. The van der Waals surface area contributed by atoms with E-state index in [1.54, 1.807) is 23.1 Å². The number of imidazole rings is 1. The highest BCUT2D eigenvalue weighted by Gasteiger charge is 2.56. The summed E-state index contributed by atoms with van der Waals surface area (Å²) in [7, 11) is -4.59. The number of amides is 1. The maximum atomic E-state index is 12.5. The largest absolute Gasteiger partial charge is 0.507 e. The third-order valence-electron chi connectivity index (χ3n) is 6.94. The molecule has 0 aliphatic carbocycles. The number of phenolic OH excluding ortho intramolecular Hbond substituents is 1. The number of ether oxygens (including phenoxy) is 3. The van der Waals surface area contributed by atoms with E-state index >= 15 is 0 Å². The van der Waals surface area contributed by atoms with Crippen LogP contribution in [0.2, 0.25) is 5.02 Å². The van der Waals surface area contributed by atoms with Crippen molar-refractivity contribution in [2.24, 2.45) is 0 Å². The van der Waals surface area contributed by atoms with Crippen LogP contribution in [0.15, 0.2) is 30.9 Å². The highest BCUT2D eigenvalue weighted by molar-refractivity contribution is 7.85. The maximum Gasteiger partial charge on any atom is 0.362 e. The SMILES string of the molecule is CC1(C)O[C@@H]2[C@H](O1)[C@@H](COS(=O)(=O)NC(=O)c1ccc(Cl)cc1O)O[C@H]2n1cnc2c(N)ncnc21.CCN(CC)CC. The van der Waals surface area contributed by atoms with E-state index in [2.05, 4.69) is 40.6 Å². The Morgan fingerprint density at radius 3 is 2.47 bits per heavy atom. The quantitative estimate of drug-likeness (QED) is 0.308. The molecule has 4 heterocycles. The molecule has 15 nitrogen and oxygen atoms in total. The van der Waals surface area contributed by atoms with Gasteiger partial charge in [-0.05, 0) is 51.7 Å². The van der Waals surface area contributed by atoms with Crippen molar-refractivity contribution in [2.45, 2.75) is 64.9 Å². The number of hydrogen-bond donors (Lipinski definition) is 3. The number of anilines is 1. The fraction of sp³-hybridized carbons (Fsp3) is 0.538. The number of benzene rings is 1. The molecule has 0 saturated carbocycles. The summed E-state index contributed by atoms with van der Waals surface area (Å²) in [5.74, 6) is -2.39. The molecule has 2 fully saturated rings. The number of aromatic nitrogens is 4. The van der Waals surface area contributed by atoms with E-state index in [-0.39, 0.29) is 16.4 Å². The Bertz CT molecular complexity index is 1540. The van der Waals surface area contributed by atoms with Crippen LogP contribution in [0.4, 0.5) is 5.82 Å². The first kappa shape index (κ1) is 32.8. The summed E-state index contributed by atoms with van der Waals surface area (Å²) < 4.78 is 51.3. The lowest BCUT2D eigenvalue weighted by Gasteiger charge is -2.24. The Morgan fingerprint density at radius 1 is 1.16 bits per heavy atom. The van der Waals surface area contributed by atoms with Crippen molar-refractivity contribution in [3.63, 3.8) is 0 Å². The van der Waals surface area contributed by atoms with Crippen LogP contribution in [0, 0.1) is 0 Å². The summed E-state index contributed by atoms with van der Waals surface area (Å²) in [6.07, 6.45) is -0.336. The Kier molecular flexibility index (Phi) is 10.1. The molecule has 0 bridgehead atoms. The van der Waals surface area contributed by atoms with Gasteiger partial charge in [0, 0.05) is 5.02 Å². The number of rotatable bonds is 9. The van der Waals surface area contributed by atoms with Crippen LogP contribution in [-0.2, 0) is 28.7 Å². The second-order valence-corrected chi connectivity index (χ2v) is 11.9. The van der Waals surface area contributed by atoms with Gasteiger partial charge >= 0.3 is 10.3 Å². The number of halogens is 1. The minimum absolute atomic E-state index is 0.173. The van der Waals surface area contributed by atoms with Gasteiger partial charge in [0.25, 0.3) is 5.91 Å². The molecule has 3 aromatic rings. The van der Waals surface area contributed by atoms with Crippen LogP contribution in [0.5, 0.6) is 5.75 Å². The molecule has 43 heavy (non-hydrogen) atoms. The zero-order valence-electron chi connectivity index (χ0n) is 24.4. The number of phenols is 1. The van der Waals surface area contributed by atoms with Crippen molar-refractivity contribution in [3.8, 4) is 5.75 Å². The van der Waals surface area contributed by atoms with Gasteiger partial charge in [0.2, 0.25) is 0 Å². The van der Waals surface area contributed by atoms with Gasteiger partial charge in [0.15, 0.2) is 23.5 Å². The lowest BCUT2D eigenvalue weighted by Crippen LogP contribution is -2.37. The molecular formula is C26H36ClN7O8S. The molecule has 17 heteroatoms. The van der Waals surface area contributed by atoms with Crippen LogP contribution in [-0.4, -0.2) is 94.2 Å². The molecule has 236 valence electrons. The highest BCUT2D eigenvalue weighted by atomic mass is 35.5. The van der Waals surface area contributed by atoms with Crippen LogP contribution >= 0.6 is 11.6 Å². The van der Waals surface area contributed by atoms with E-state index in [9.17, 15) is 18.3 Å². The number of nitrogen functional groups attached to an aromatic ring is 1. The zero-order chi connectivity index (χ0) is 31.5. The van der Waals surface area contributed by atoms with Crippen LogP contribution < -0.4 is 10.5 Å². The number of nitrogens with two attached hydrogens (primary N) is 1. The second kappa shape index (κ2) is 13.3. The van der Waals surface area contributed by atoms with Gasteiger partial charge < -0.3 is 30.0 Å². The van der Waals surface area contributed by atoms with Crippen molar-refractivity contribution in [1.29, 1.82) is 0 Å². The Morgan fingerprint density at radius 2 is 1.84 bits per heavy atom. The third-order valence-corrected chi connectivity index (χ3v) is 8.05. The molecule has 2 aliphatic rings. The van der Waals surface area contributed by atoms with E-state index < -0.39 is 58.9 Å². The number of aromatic hydroxyl groups is 1. The zero-order valence-corrected chi connectivity index (χ0v) is 26.0. The molecule has 1 amide bonds. The van der Waals surface area contributed by atoms with Crippen molar-refractivity contribution >= 4 is 44.8 Å². The number of carbonyl (C=O) groups is 1. The van der Waals surface area contributed by atoms with Crippen molar-refractivity contribution < 1.29 is 36.7 Å². The predicted molar refractivity (Wildman–Crippen MR) is 156 cm³/mol. The first-order valence-corrected chi connectivity index (χ1v) is 15.4. The average molecular weight is 642 g/mol. The van der Waals surface area contributed by atoms with E-state index in [1.807, 2.05) is 0 Å². The molecule has 1 aromatic carbocycles. The van der Waals surface area contributed by atoms with Crippen LogP contribution in [0.1, 0.15) is 51.2 Å². The first-order chi connectivity index (χ1) is 20.3. The molecule has 2 aromatic heterocycles. The molecule has 2 saturated heterocycles. The lowest BCUT2D eigenvalue weighted by molar-refractivity contribution is -0.198. The van der Waals surface area contributed by atoms with Gasteiger partial charge in [-0.2, -0.15) is 8.42 Å². The fourth-order valence-electron chi connectivity index (χ4n) is 4.80. The smallest absolute Gasteiger partial charge is 0.362 e. The molecule has 4 N–H and O–H groups in total. The van der Waals surface area contributed by atoms with E-state index in [1.165, 1.54) is 44.4 Å². The summed E-state index contributed by atoms with van der Waals surface area (Å²) in [4.78, 5) is 27.1. The van der Waals surface area contributed by atoms with E-state index in [4.69, 9.17) is 35.7 Å². The average Bonchev–Trinajstić information content (AvgIpc) is 3.60. The van der Waals surface area contributed by atoms with Gasteiger partial charge in [-0.25, -0.2) is 19.7 Å². The van der Waals surface area contributed by atoms with Gasteiger partial charge in [0.1, 0.15) is 35.9 Å². The molecule has 2 aliphatic heterocycles. The van der Waals surface area contributed by atoms with E-state index in [0.29, 0.717) is 11.2 Å². The van der Waals surface area contributed by atoms with Gasteiger partial charge in [-0.3, -0.25) is 13.5 Å². The molecule has 0 unspecified atom stereocenters. The molecule has 0 spiro atoms. The maximum absolute atomic E-state index is 12.5. The second-order valence-electron chi connectivity index (χ2n) is 10.2. The Labute approximate surface area is 254 Å². The third kappa shape index (κ3) is 7.52. The lowest BCUT2D eigenvalue weighted by atomic mass is 10.1. The standard InChI is InChI=1S/C20H21ClN6O8S.C6H15N/c1-20(2)34-14-12(6-32-36(30,31)26-18(29)10-4-3-9(21)5-11(10)28)33-19(15(14)35-20)27-8-25-13-16(22)23-7-24-17(13)27;1-4-7(5-2)6-3/h3-5,7-8,12,14-15,19,28H,6H2,1-2H3,(H,26,29)(H2,22,23,24);4-6H2,1-3H3/t12-,14-,15-,19-;/m1./s1. The summed E-state index contributed by atoms with van der Waals surface area (Å²) in [6.45, 7) is 13.0. The summed E-state index contributed by atoms with van der Waals surface area (Å²) >= 11 is 5.74. The molecule has 5 rings (SSSR count). The Hall–Kier alpha value is -3.12. The van der Waals surface area contributed by atoms with Crippen molar-refractivity contribution in [2.75, 3.05) is 32.0 Å². The normalized spacial score (nSPS) is 22.8. The number of carbonyl (C=O) groups excluding carboxylic acids is 1. The van der Waals surface area contributed by atoms with Gasteiger partial charge in [-0.15, -0.1) is 0 Å². The number of nitrogens with one attached hydrogen (secondary N) is 1. The summed E-state index contributed by atoms with van der Waals surface area (Å²) in [5.41, 5.74) is 6.33. The predicted octanol–water partition coefficient (Wildman–Crippen LogP) is 2.22. The first-order valence-electron chi connectivity index (χ1n) is 13.7. The molecule has 4 atom stereocenters. The number of nitrogens with zero attached hydrogens (tertiary/aromatic N) is 5. The summed E-state index contributed by atoms with van der Waals surface area (Å²) in [5, 5.41) is 10.0. The highest BCUT2D eigenvalue weighted by Crippen LogP contribution is 2.44.